The first kappa shape index (κ1) is 46.2. The molecule has 16 heteroatoms. The predicted molar refractivity (Wildman–Crippen MR) is 234 cm³/mol. The van der Waals surface area contributed by atoms with Crippen molar-refractivity contribution in [2.24, 2.45) is 10.3 Å². The van der Waals surface area contributed by atoms with Crippen molar-refractivity contribution in [1.82, 2.24) is 0 Å². The van der Waals surface area contributed by atoms with Crippen LogP contribution in [0.15, 0.2) is 148 Å². The fourth-order valence-corrected chi connectivity index (χ4v) is 7.74. The van der Waals surface area contributed by atoms with Gasteiger partial charge in [0.1, 0.15) is 9.79 Å². The Balaban J connectivity index is 0.000000210. The SMILES string of the molecule is CCc1ccc(-c2ccc(C(=O)c3ccc(Cl)c(S(N)(=O)=O)c3)cc2)cc1.CCc1ccc(B(O)O)cc1.NS(=O)(=O)c1cc(C(=O)c2ccc(Br)cc2)ccc1Cl. The Morgan fingerprint density at radius 2 is 0.879 bits per heavy atom. The molecule has 300 valence electrons. The standard InChI is InChI=1S/C21H18ClNO3S.C13H9BrClNO3S.C8H11BO2/c1-2-14-3-5-15(6-4-14)16-7-9-17(10-8-16)21(24)18-11-12-19(22)20(13-18)27(23,25)26;14-10-4-1-8(2-5-10)13(17)9-3-6-11(15)12(7-9)20(16,18)19;1-2-7-3-5-8(6-4-7)9(10)11/h3-13H,2H2,1H3,(H2,23,25,26);1-7H,(H2,16,18,19);3-6,10-11H,2H2,1H3. The third-order valence-electron chi connectivity index (χ3n) is 8.63. The average Bonchev–Trinajstić information content (AvgIpc) is 3.20. The third-order valence-corrected chi connectivity index (χ3v) is 11.9. The zero-order chi connectivity index (χ0) is 42.8. The summed E-state index contributed by atoms with van der Waals surface area (Å²) in [5.41, 5.74) is 6.38. The summed E-state index contributed by atoms with van der Waals surface area (Å²) >= 11 is 14.9. The Morgan fingerprint density at radius 3 is 1.22 bits per heavy atom. The van der Waals surface area contributed by atoms with Gasteiger partial charge in [-0.1, -0.05) is 126 Å². The lowest BCUT2D eigenvalue weighted by Crippen LogP contribution is -2.29. The van der Waals surface area contributed by atoms with E-state index >= 15 is 0 Å². The van der Waals surface area contributed by atoms with Crippen molar-refractivity contribution in [3.05, 3.63) is 181 Å². The number of hydrogen-bond acceptors (Lipinski definition) is 8. The number of carbonyl (C=O) groups is 2. The van der Waals surface area contributed by atoms with Crippen LogP contribution in [0.25, 0.3) is 11.1 Å². The molecule has 0 saturated carbocycles. The quantitative estimate of drug-likeness (QED) is 0.0808. The van der Waals surface area contributed by atoms with Crippen molar-refractivity contribution in [2.75, 3.05) is 0 Å². The number of halogens is 3. The molecule has 0 amide bonds. The number of ketones is 2. The molecule has 0 radical (unpaired) electrons. The lowest BCUT2D eigenvalue weighted by molar-refractivity contribution is 0.103. The van der Waals surface area contributed by atoms with Crippen LogP contribution in [0.5, 0.6) is 0 Å². The van der Waals surface area contributed by atoms with Gasteiger partial charge < -0.3 is 10.0 Å². The smallest absolute Gasteiger partial charge is 0.423 e. The Labute approximate surface area is 356 Å². The van der Waals surface area contributed by atoms with Gasteiger partial charge >= 0.3 is 7.12 Å². The van der Waals surface area contributed by atoms with Crippen molar-refractivity contribution in [2.45, 2.75) is 36.5 Å². The zero-order valence-corrected chi connectivity index (χ0v) is 35.9. The summed E-state index contributed by atoms with van der Waals surface area (Å²) in [5.74, 6) is -0.608. The highest BCUT2D eigenvalue weighted by Crippen LogP contribution is 2.26. The van der Waals surface area contributed by atoms with Crippen LogP contribution in [0.2, 0.25) is 10.0 Å². The number of sulfonamides is 2. The van der Waals surface area contributed by atoms with Crippen molar-refractivity contribution >= 4 is 83.3 Å². The molecule has 6 rings (SSSR count). The van der Waals surface area contributed by atoms with Crippen molar-refractivity contribution < 1.29 is 36.5 Å². The van der Waals surface area contributed by atoms with Crippen LogP contribution < -0.4 is 15.7 Å². The molecule has 0 saturated heterocycles. The summed E-state index contributed by atoms with van der Waals surface area (Å²) < 4.78 is 46.8. The summed E-state index contributed by atoms with van der Waals surface area (Å²) in [7, 11) is -9.32. The summed E-state index contributed by atoms with van der Waals surface area (Å²) in [6.45, 7) is 4.16. The van der Waals surface area contributed by atoms with Crippen molar-refractivity contribution in [3.63, 3.8) is 0 Å². The van der Waals surface area contributed by atoms with E-state index < -0.39 is 27.2 Å². The zero-order valence-electron chi connectivity index (χ0n) is 31.1. The highest BCUT2D eigenvalue weighted by molar-refractivity contribution is 9.10. The van der Waals surface area contributed by atoms with Crippen LogP contribution >= 0.6 is 39.1 Å². The van der Waals surface area contributed by atoms with Gasteiger partial charge in [0, 0.05) is 26.7 Å². The molecule has 0 aliphatic heterocycles. The molecule has 6 N–H and O–H groups in total. The Hall–Kier alpha value is -4.48. The van der Waals surface area contributed by atoms with E-state index in [2.05, 4.69) is 41.9 Å². The van der Waals surface area contributed by atoms with Gasteiger partial charge in [-0.3, -0.25) is 9.59 Å². The lowest BCUT2D eigenvalue weighted by Gasteiger charge is -2.07. The first-order chi connectivity index (χ1) is 27.3. The van der Waals surface area contributed by atoms with Gasteiger partial charge in [0.05, 0.1) is 10.0 Å². The minimum Gasteiger partial charge on any atom is -0.423 e. The Kier molecular flexibility index (Phi) is 16.3. The summed E-state index contributed by atoms with van der Waals surface area (Å²) in [6, 6.07) is 37.4. The molecule has 0 aliphatic rings. The number of primary sulfonamides is 2. The average molecular weight is 925 g/mol. The van der Waals surface area contributed by atoms with Gasteiger partial charge in [-0.05, 0) is 101 Å². The Bertz CT molecular complexity index is 2610. The summed E-state index contributed by atoms with van der Waals surface area (Å²) in [5, 5.41) is 27.7. The van der Waals surface area contributed by atoms with E-state index in [9.17, 15) is 26.4 Å². The maximum absolute atomic E-state index is 12.7. The molecular formula is C42H38BBrCl2N2O8S2. The van der Waals surface area contributed by atoms with Gasteiger partial charge in [-0.2, -0.15) is 0 Å². The monoisotopic (exact) mass is 922 g/mol. The minimum absolute atomic E-state index is 0.0140. The van der Waals surface area contributed by atoms with Crippen LogP contribution in [0.3, 0.4) is 0 Å². The Morgan fingerprint density at radius 1 is 0.552 bits per heavy atom. The number of nitrogens with two attached hydrogens (primary N) is 2. The van der Waals surface area contributed by atoms with Crippen molar-refractivity contribution in [1.29, 1.82) is 0 Å². The summed E-state index contributed by atoms with van der Waals surface area (Å²) in [4.78, 5) is 24.4. The molecule has 0 bridgehead atoms. The van der Waals surface area contributed by atoms with E-state index in [1.165, 1.54) is 47.5 Å². The van der Waals surface area contributed by atoms with Gasteiger partial charge in [0.15, 0.2) is 11.6 Å². The minimum atomic E-state index is -4.00. The van der Waals surface area contributed by atoms with Crippen LogP contribution in [0, 0.1) is 0 Å². The number of hydrogen-bond donors (Lipinski definition) is 4. The maximum atomic E-state index is 12.7. The fraction of sp³-hybridized carbons (Fsp3) is 0.0952. The number of aryl methyl sites for hydroxylation is 2. The van der Waals surface area contributed by atoms with Gasteiger partial charge in [0.2, 0.25) is 20.0 Å². The molecule has 0 fully saturated rings. The number of rotatable bonds is 10. The molecule has 0 aromatic heterocycles. The van der Waals surface area contributed by atoms with Crippen LogP contribution in [-0.4, -0.2) is 45.6 Å². The van der Waals surface area contributed by atoms with Gasteiger partial charge in [-0.25, -0.2) is 27.1 Å². The van der Waals surface area contributed by atoms with E-state index in [0.717, 1.165) is 28.4 Å². The lowest BCUT2D eigenvalue weighted by atomic mass is 9.80. The fourth-order valence-electron chi connectivity index (χ4n) is 5.33. The molecular weight excluding hydrogens is 886 g/mol. The summed E-state index contributed by atoms with van der Waals surface area (Å²) in [6.07, 6.45) is 1.96. The predicted octanol–water partition coefficient (Wildman–Crippen LogP) is 7.36. The first-order valence-corrected chi connectivity index (χ1v) is 22.1. The molecule has 0 unspecified atom stereocenters. The highest BCUT2D eigenvalue weighted by Gasteiger charge is 2.19. The van der Waals surface area contributed by atoms with Gasteiger partial charge in [0.25, 0.3) is 0 Å². The highest BCUT2D eigenvalue weighted by atomic mass is 79.9. The van der Waals surface area contributed by atoms with E-state index in [1.54, 1.807) is 48.5 Å². The van der Waals surface area contributed by atoms with E-state index in [0.29, 0.717) is 16.6 Å². The largest absolute Gasteiger partial charge is 0.488 e. The van der Waals surface area contributed by atoms with Gasteiger partial charge in [-0.15, -0.1) is 0 Å². The molecule has 0 heterocycles. The van der Waals surface area contributed by atoms with E-state index in [4.69, 9.17) is 43.5 Å². The normalized spacial score (nSPS) is 11.1. The third kappa shape index (κ3) is 12.8. The van der Waals surface area contributed by atoms with E-state index in [1.807, 2.05) is 36.4 Å². The molecule has 58 heavy (non-hydrogen) atoms. The first-order valence-electron chi connectivity index (χ1n) is 17.5. The van der Waals surface area contributed by atoms with Crippen molar-refractivity contribution in [3.8, 4) is 11.1 Å². The van der Waals surface area contributed by atoms with Crippen LogP contribution in [-0.2, 0) is 32.9 Å². The number of carbonyl (C=O) groups excluding carboxylic acids is 2. The maximum Gasteiger partial charge on any atom is 0.488 e. The number of benzene rings is 6. The van der Waals surface area contributed by atoms with Crippen LogP contribution in [0.1, 0.15) is 56.8 Å². The topological polar surface area (TPSA) is 195 Å². The molecule has 0 aliphatic carbocycles. The molecule has 0 spiro atoms. The second kappa shape index (κ2) is 20.5. The second-order valence-electron chi connectivity index (χ2n) is 12.6. The molecule has 0 atom stereocenters. The van der Waals surface area contributed by atoms with Crippen LogP contribution in [0.4, 0.5) is 0 Å². The molecule has 6 aromatic carbocycles. The molecule has 10 nitrogen and oxygen atoms in total. The molecule has 6 aromatic rings. The van der Waals surface area contributed by atoms with E-state index in [-0.39, 0.29) is 42.5 Å². The second-order valence-corrected chi connectivity index (χ2v) is 17.4.